The van der Waals surface area contributed by atoms with Gasteiger partial charge in [-0.05, 0) is 24.6 Å². The molecule has 1 aliphatic heterocycles. The van der Waals surface area contributed by atoms with Gasteiger partial charge in [-0.15, -0.1) is 0 Å². The Balaban J connectivity index is 1.46. The Morgan fingerprint density at radius 2 is 1.88 bits per heavy atom. The maximum atomic E-state index is 13.2. The van der Waals surface area contributed by atoms with Gasteiger partial charge in [0.05, 0.1) is 7.11 Å². The molecule has 1 N–H and O–H groups in total. The number of ether oxygens (including phenoxy) is 1. The number of hydrogen-bond acceptors (Lipinski definition) is 5. The Bertz CT molecular complexity index is 1030. The first-order chi connectivity index (χ1) is 15.6. The highest BCUT2D eigenvalue weighted by Crippen LogP contribution is 2.29. The van der Waals surface area contributed by atoms with Crippen LogP contribution in [0.2, 0.25) is 0 Å². The van der Waals surface area contributed by atoms with Gasteiger partial charge >= 0.3 is 6.03 Å². The third-order valence-corrected chi connectivity index (χ3v) is 6.15. The van der Waals surface area contributed by atoms with Crippen molar-refractivity contribution >= 4 is 6.03 Å². The van der Waals surface area contributed by atoms with Crippen molar-refractivity contribution in [3.05, 3.63) is 78.1 Å². The van der Waals surface area contributed by atoms with Crippen LogP contribution in [0.5, 0.6) is 5.75 Å². The number of piperazine rings is 1. The third kappa shape index (κ3) is 4.60. The number of aromatic nitrogens is 3. The van der Waals surface area contributed by atoms with Crippen molar-refractivity contribution < 1.29 is 9.53 Å². The quantitative estimate of drug-likeness (QED) is 0.646. The molecule has 3 heterocycles. The number of carbonyl (C=O) groups excluding carboxylic acids is 1. The summed E-state index contributed by atoms with van der Waals surface area (Å²) in [5.41, 5.74) is 2.07. The fourth-order valence-electron chi connectivity index (χ4n) is 4.20. The van der Waals surface area contributed by atoms with Crippen molar-refractivity contribution in [3.8, 4) is 5.75 Å². The molecule has 0 spiro atoms. The van der Waals surface area contributed by atoms with Crippen LogP contribution < -0.4 is 10.1 Å². The zero-order valence-electron chi connectivity index (χ0n) is 18.8. The topological polar surface area (TPSA) is 75.5 Å². The van der Waals surface area contributed by atoms with E-state index in [-0.39, 0.29) is 12.1 Å². The van der Waals surface area contributed by atoms with E-state index in [4.69, 9.17) is 4.74 Å². The zero-order valence-corrected chi connectivity index (χ0v) is 18.8. The van der Waals surface area contributed by atoms with Gasteiger partial charge in [-0.2, -0.15) is 0 Å². The van der Waals surface area contributed by atoms with Gasteiger partial charge in [0.15, 0.2) is 0 Å². The van der Waals surface area contributed by atoms with Crippen LogP contribution in [0, 0.1) is 0 Å². The van der Waals surface area contributed by atoms with Gasteiger partial charge in [-0.1, -0.05) is 24.3 Å². The molecule has 0 radical (unpaired) electrons. The molecule has 8 heteroatoms. The lowest BCUT2D eigenvalue weighted by atomic mass is 10.0. The second kappa shape index (κ2) is 9.82. The molecule has 168 valence electrons. The number of aryl methyl sites for hydroxylation is 1. The second-order valence-electron chi connectivity index (χ2n) is 8.01. The molecule has 1 aromatic carbocycles. The molecule has 2 unspecified atom stereocenters. The van der Waals surface area contributed by atoms with Gasteiger partial charge in [-0.3, -0.25) is 9.88 Å². The highest BCUT2D eigenvalue weighted by molar-refractivity contribution is 5.75. The highest BCUT2D eigenvalue weighted by atomic mass is 16.5. The molecule has 0 saturated carbocycles. The average Bonchev–Trinajstić information content (AvgIpc) is 3.28. The van der Waals surface area contributed by atoms with Gasteiger partial charge in [-0.25, -0.2) is 9.78 Å². The molecule has 2 amide bonds. The first-order valence-electron chi connectivity index (χ1n) is 10.9. The van der Waals surface area contributed by atoms with E-state index < -0.39 is 6.04 Å². The Hall–Kier alpha value is -3.39. The normalized spacial score (nSPS) is 16.4. The van der Waals surface area contributed by atoms with Gasteiger partial charge in [0.25, 0.3) is 0 Å². The minimum absolute atomic E-state index is 0.0995. The molecule has 3 aromatic rings. The minimum Gasteiger partial charge on any atom is -0.496 e. The highest BCUT2D eigenvalue weighted by Gasteiger charge is 2.29. The van der Waals surface area contributed by atoms with Crippen LogP contribution in [-0.4, -0.2) is 63.7 Å². The van der Waals surface area contributed by atoms with E-state index >= 15 is 0 Å². The van der Waals surface area contributed by atoms with Crippen molar-refractivity contribution in [2.45, 2.75) is 19.0 Å². The number of pyridine rings is 1. The van der Waals surface area contributed by atoms with E-state index in [0.29, 0.717) is 13.1 Å². The van der Waals surface area contributed by atoms with E-state index in [1.807, 2.05) is 59.2 Å². The molecular formula is C24H30N6O2. The Kier molecular flexibility index (Phi) is 6.70. The van der Waals surface area contributed by atoms with Crippen LogP contribution in [0.25, 0.3) is 0 Å². The van der Waals surface area contributed by atoms with E-state index in [1.165, 1.54) is 5.56 Å². The van der Waals surface area contributed by atoms with E-state index in [0.717, 1.165) is 30.2 Å². The first kappa shape index (κ1) is 21.8. The van der Waals surface area contributed by atoms with E-state index in [1.54, 1.807) is 19.5 Å². The van der Waals surface area contributed by atoms with Crippen LogP contribution in [-0.2, 0) is 7.05 Å². The van der Waals surface area contributed by atoms with E-state index in [9.17, 15) is 4.79 Å². The first-order valence-corrected chi connectivity index (χ1v) is 10.9. The van der Waals surface area contributed by atoms with Crippen molar-refractivity contribution in [3.63, 3.8) is 0 Å². The monoisotopic (exact) mass is 434 g/mol. The summed E-state index contributed by atoms with van der Waals surface area (Å²) in [5, 5.41) is 3.19. The van der Waals surface area contributed by atoms with Crippen LogP contribution >= 0.6 is 0 Å². The number of benzene rings is 1. The molecule has 1 saturated heterocycles. The van der Waals surface area contributed by atoms with E-state index in [2.05, 4.69) is 33.2 Å². The molecule has 8 nitrogen and oxygen atoms in total. The number of para-hydroxylation sites is 1. The van der Waals surface area contributed by atoms with Crippen LogP contribution in [0.3, 0.4) is 0 Å². The summed E-state index contributed by atoms with van der Waals surface area (Å²) in [7, 11) is 3.56. The molecule has 1 fully saturated rings. The number of nitrogens with one attached hydrogen (secondary N) is 1. The number of methoxy groups -OCH3 is 1. The number of hydrogen-bond donors (Lipinski definition) is 1. The van der Waals surface area contributed by atoms with Crippen LogP contribution in [0.15, 0.2) is 61.2 Å². The second-order valence-corrected chi connectivity index (χ2v) is 8.01. The Morgan fingerprint density at radius 3 is 2.53 bits per heavy atom. The summed E-state index contributed by atoms with van der Waals surface area (Å²) >= 11 is 0. The smallest absolute Gasteiger partial charge is 0.318 e. The average molecular weight is 435 g/mol. The summed E-state index contributed by atoms with van der Waals surface area (Å²) in [6.07, 6.45) is 7.32. The number of imidazole rings is 1. The van der Waals surface area contributed by atoms with Gasteiger partial charge in [0.1, 0.15) is 17.6 Å². The standard InChI is InChI=1S/C24H30N6O2/c1-18(19-7-6-10-25-17-19)29-13-15-30(16-14-29)24(31)27-22(23-26-11-12-28(23)2)20-8-4-5-9-21(20)32-3/h4-12,17-18,22H,13-16H2,1-3H3,(H,27,31). The summed E-state index contributed by atoms with van der Waals surface area (Å²) in [6.45, 7) is 5.13. The SMILES string of the molecule is COc1ccccc1C(NC(=O)N1CCN(C(C)c2cccnc2)CC1)c1nccn1C. The molecular weight excluding hydrogens is 404 g/mol. The zero-order chi connectivity index (χ0) is 22.5. The number of nitrogens with zero attached hydrogens (tertiary/aromatic N) is 5. The molecule has 2 atom stereocenters. The molecule has 2 aromatic heterocycles. The molecule has 4 rings (SSSR count). The molecule has 1 aliphatic rings. The fourth-order valence-corrected chi connectivity index (χ4v) is 4.20. The predicted molar refractivity (Wildman–Crippen MR) is 122 cm³/mol. The minimum atomic E-state index is -0.411. The summed E-state index contributed by atoms with van der Waals surface area (Å²) < 4.78 is 7.48. The Morgan fingerprint density at radius 1 is 1.09 bits per heavy atom. The summed E-state index contributed by atoms with van der Waals surface area (Å²) in [4.78, 5) is 26.2. The lowest BCUT2D eigenvalue weighted by Gasteiger charge is -2.38. The lowest BCUT2D eigenvalue weighted by molar-refractivity contribution is 0.113. The molecule has 32 heavy (non-hydrogen) atoms. The maximum absolute atomic E-state index is 13.2. The van der Waals surface area contributed by atoms with Crippen molar-refractivity contribution in [2.75, 3.05) is 33.3 Å². The van der Waals surface area contributed by atoms with Gasteiger partial charge in [0, 0.05) is 69.6 Å². The van der Waals surface area contributed by atoms with Crippen molar-refractivity contribution in [1.29, 1.82) is 0 Å². The molecule has 0 aliphatic carbocycles. The van der Waals surface area contributed by atoms with Crippen LogP contribution in [0.4, 0.5) is 4.79 Å². The molecule has 0 bridgehead atoms. The lowest BCUT2D eigenvalue weighted by Crippen LogP contribution is -2.52. The number of urea groups is 1. The summed E-state index contributed by atoms with van der Waals surface area (Å²) in [5.74, 6) is 1.47. The number of amides is 2. The number of rotatable bonds is 6. The van der Waals surface area contributed by atoms with Gasteiger partial charge < -0.3 is 19.5 Å². The number of carbonyl (C=O) groups is 1. The largest absolute Gasteiger partial charge is 0.496 e. The van der Waals surface area contributed by atoms with Crippen LogP contribution in [0.1, 0.15) is 36.0 Å². The predicted octanol–water partition coefficient (Wildman–Crippen LogP) is 3.00. The van der Waals surface area contributed by atoms with Crippen molar-refractivity contribution in [1.82, 2.24) is 29.7 Å². The third-order valence-electron chi connectivity index (χ3n) is 6.15. The fraction of sp³-hybridized carbons (Fsp3) is 0.375. The van der Waals surface area contributed by atoms with Crippen molar-refractivity contribution in [2.24, 2.45) is 7.05 Å². The van der Waals surface area contributed by atoms with Gasteiger partial charge in [0.2, 0.25) is 0 Å². The summed E-state index contributed by atoms with van der Waals surface area (Å²) in [6, 6.07) is 11.5. The maximum Gasteiger partial charge on any atom is 0.318 e. The Labute approximate surface area is 188 Å².